The topological polar surface area (TPSA) is 109 Å². The molecule has 8 nitrogen and oxygen atoms in total. The molecule has 0 saturated carbocycles. The Morgan fingerprint density at radius 1 is 1.25 bits per heavy atom. The molecular formula is C20H14ClF2N4O4S-. The lowest BCUT2D eigenvalue weighted by Gasteiger charge is -2.09. The van der Waals surface area contributed by atoms with Gasteiger partial charge in [0.2, 0.25) is 5.88 Å². The number of fused-ring (bicyclic) bond motifs is 2. The van der Waals surface area contributed by atoms with Gasteiger partial charge in [-0.25, -0.2) is 15.0 Å². The Kier molecular flexibility index (Phi) is 6.19. The Hall–Kier alpha value is -3.31. The number of hydrogen-bond donors (Lipinski definition) is 1. The van der Waals surface area contributed by atoms with E-state index in [9.17, 15) is 18.7 Å². The minimum Gasteiger partial charge on any atom is -0.530 e. The van der Waals surface area contributed by atoms with E-state index in [-0.39, 0.29) is 19.0 Å². The van der Waals surface area contributed by atoms with Gasteiger partial charge in [-0.2, -0.15) is 8.78 Å². The second kappa shape index (κ2) is 9.05. The average molecular weight is 480 g/mol. The number of alkyl halides is 2. The number of aryl methyl sites for hydroxylation is 1. The molecule has 166 valence electrons. The summed E-state index contributed by atoms with van der Waals surface area (Å²) < 4.78 is 35.7. The van der Waals surface area contributed by atoms with Crippen LogP contribution in [-0.4, -0.2) is 40.8 Å². The number of rotatable bonds is 7. The minimum atomic E-state index is -2.99. The van der Waals surface area contributed by atoms with Gasteiger partial charge in [0.15, 0.2) is 0 Å². The lowest BCUT2D eigenvalue weighted by Crippen LogP contribution is -2.38. The number of aromatic nitrogens is 3. The number of carbonyl (C=O) groups is 1. The molecule has 12 heteroatoms. The third-order valence-corrected chi connectivity index (χ3v) is 5.59. The van der Waals surface area contributed by atoms with E-state index in [1.807, 2.05) is 13.0 Å². The zero-order chi connectivity index (χ0) is 22.8. The van der Waals surface area contributed by atoms with Crippen molar-refractivity contribution in [3.05, 3.63) is 41.0 Å². The second-order valence-electron chi connectivity index (χ2n) is 6.60. The van der Waals surface area contributed by atoms with E-state index in [0.717, 1.165) is 16.5 Å². The van der Waals surface area contributed by atoms with Crippen LogP contribution in [0.5, 0.6) is 11.6 Å². The van der Waals surface area contributed by atoms with Crippen molar-refractivity contribution in [2.45, 2.75) is 13.5 Å². The van der Waals surface area contributed by atoms with Crippen LogP contribution in [0, 0.1) is 6.92 Å². The maximum atomic E-state index is 12.5. The molecule has 0 radical (unpaired) electrons. The van der Waals surface area contributed by atoms with Gasteiger partial charge in [-0.3, -0.25) is 0 Å². The van der Waals surface area contributed by atoms with Gasteiger partial charge in [0.25, 0.3) is 0 Å². The van der Waals surface area contributed by atoms with Crippen LogP contribution < -0.4 is 19.9 Å². The van der Waals surface area contributed by atoms with Crippen LogP contribution in [0.1, 0.15) is 5.56 Å². The molecular weight excluding hydrogens is 466 g/mol. The predicted molar refractivity (Wildman–Crippen MR) is 113 cm³/mol. The Morgan fingerprint density at radius 2 is 2.06 bits per heavy atom. The normalized spacial score (nSPS) is 11.3. The summed E-state index contributed by atoms with van der Waals surface area (Å²) in [5, 5.41) is 13.5. The van der Waals surface area contributed by atoms with Crippen molar-refractivity contribution in [2.24, 2.45) is 0 Å². The van der Waals surface area contributed by atoms with Crippen LogP contribution in [0.2, 0.25) is 5.02 Å². The molecule has 32 heavy (non-hydrogen) atoms. The number of benzene rings is 2. The molecule has 0 unspecified atom stereocenters. The standard InChI is InChI=1S/C20H15ClF2N4O4S/c1-9-4-11(16-13(5-9)26-15(8-25-16)31-19(22)23)18-27-17-12(21)6-10(7-14(17)32-18)30-3-2-24-20(28)29/h4-8,19,24H,2-3H2,1H3,(H,28,29)/p-1. The van der Waals surface area contributed by atoms with Crippen molar-refractivity contribution < 1.29 is 28.2 Å². The summed E-state index contributed by atoms with van der Waals surface area (Å²) in [5.41, 5.74) is 2.96. The summed E-state index contributed by atoms with van der Waals surface area (Å²) in [6.45, 7) is -0.983. The summed E-state index contributed by atoms with van der Waals surface area (Å²) in [6.07, 6.45) is -0.240. The van der Waals surface area contributed by atoms with Gasteiger partial charge in [0, 0.05) is 11.6 Å². The molecule has 0 aliphatic rings. The van der Waals surface area contributed by atoms with Crippen LogP contribution in [0.3, 0.4) is 0 Å². The molecule has 4 aromatic rings. The molecule has 0 aliphatic carbocycles. The second-order valence-corrected chi connectivity index (χ2v) is 8.04. The number of ether oxygens (including phenoxy) is 2. The molecule has 2 heterocycles. The number of halogens is 3. The van der Waals surface area contributed by atoms with Crippen molar-refractivity contribution in [3.8, 4) is 22.2 Å². The summed E-state index contributed by atoms with van der Waals surface area (Å²) in [4.78, 5) is 23.4. The Bertz CT molecular complexity index is 1320. The first-order valence-electron chi connectivity index (χ1n) is 9.20. The first-order chi connectivity index (χ1) is 15.3. The highest BCUT2D eigenvalue weighted by molar-refractivity contribution is 7.21. The molecule has 4 rings (SSSR count). The van der Waals surface area contributed by atoms with Crippen molar-refractivity contribution in [3.63, 3.8) is 0 Å². The lowest BCUT2D eigenvalue weighted by molar-refractivity contribution is -0.250. The zero-order valence-electron chi connectivity index (χ0n) is 16.4. The van der Waals surface area contributed by atoms with Gasteiger partial charge in [-0.1, -0.05) is 11.6 Å². The zero-order valence-corrected chi connectivity index (χ0v) is 18.0. The van der Waals surface area contributed by atoms with E-state index in [0.29, 0.717) is 37.9 Å². The van der Waals surface area contributed by atoms with E-state index in [1.165, 1.54) is 11.3 Å². The first kappa shape index (κ1) is 21.9. The van der Waals surface area contributed by atoms with Crippen LogP contribution in [0.4, 0.5) is 13.6 Å². The van der Waals surface area contributed by atoms with Crippen molar-refractivity contribution >= 4 is 50.3 Å². The Morgan fingerprint density at radius 3 is 2.81 bits per heavy atom. The number of nitrogens with zero attached hydrogens (tertiary/aromatic N) is 3. The molecule has 0 aliphatic heterocycles. The fourth-order valence-electron chi connectivity index (χ4n) is 3.04. The van der Waals surface area contributed by atoms with Gasteiger partial charge >= 0.3 is 6.61 Å². The highest BCUT2D eigenvalue weighted by Crippen LogP contribution is 2.39. The van der Waals surface area contributed by atoms with E-state index < -0.39 is 12.7 Å². The molecule has 1 amide bonds. The summed E-state index contributed by atoms with van der Waals surface area (Å²) >= 11 is 7.72. The highest BCUT2D eigenvalue weighted by atomic mass is 35.5. The maximum absolute atomic E-state index is 12.5. The van der Waals surface area contributed by atoms with E-state index >= 15 is 0 Å². The Labute approximate surface area is 188 Å². The number of hydrogen-bond acceptors (Lipinski definition) is 8. The molecule has 0 spiro atoms. The van der Waals surface area contributed by atoms with Crippen molar-refractivity contribution in [1.29, 1.82) is 0 Å². The van der Waals surface area contributed by atoms with Gasteiger partial charge in [-0.05, 0) is 30.7 Å². The van der Waals surface area contributed by atoms with Gasteiger partial charge in [-0.15, -0.1) is 11.3 Å². The fraction of sp³-hybridized carbons (Fsp3) is 0.200. The van der Waals surface area contributed by atoms with Crippen LogP contribution >= 0.6 is 22.9 Å². The van der Waals surface area contributed by atoms with E-state index in [1.54, 1.807) is 18.2 Å². The third-order valence-electron chi connectivity index (χ3n) is 4.27. The highest BCUT2D eigenvalue weighted by Gasteiger charge is 2.16. The predicted octanol–water partition coefficient (Wildman–Crippen LogP) is 3.78. The summed E-state index contributed by atoms with van der Waals surface area (Å²) in [5.74, 6) is 0.187. The van der Waals surface area contributed by atoms with Gasteiger partial charge < -0.3 is 24.7 Å². The number of amides is 1. The van der Waals surface area contributed by atoms with Crippen LogP contribution in [0.15, 0.2) is 30.5 Å². The number of nitrogens with one attached hydrogen (secondary N) is 1. The molecule has 1 N–H and O–H groups in total. The first-order valence-corrected chi connectivity index (χ1v) is 10.4. The quantitative estimate of drug-likeness (QED) is 0.402. The van der Waals surface area contributed by atoms with Crippen LogP contribution in [-0.2, 0) is 0 Å². The molecule has 0 bridgehead atoms. The molecule has 0 saturated heterocycles. The lowest BCUT2D eigenvalue weighted by atomic mass is 10.1. The smallest absolute Gasteiger partial charge is 0.388 e. The molecule has 2 aromatic carbocycles. The van der Waals surface area contributed by atoms with E-state index in [4.69, 9.17) is 16.3 Å². The van der Waals surface area contributed by atoms with Crippen LogP contribution in [0.25, 0.3) is 31.8 Å². The third kappa shape index (κ3) is 4.78. The molecule has 2 aromatic heterocycles. The molecule has 0 fully saturated rings. The molecule has 0 atom stereocenters. The largest absolute Gasteiger partial charge is 0.530 e. The minimum absolute atomic E-state index is 0.0666. The average Bonchev–Trinajstić information content (AvgIpc) is 3.14. The van der Waals surface area contributed by atoms with Gasteiger partial charge in [0.05, 0.1) is 33.5 Å². The summed E-state index contributed by atoms with van der Waals surface area (Å²) in [6, 6.07) is 6.94. The SMILES string of the molecule is Cc1cc(-c2nc3c(Cl)cc(OCCNC(=O)[O-])cc3s2)c2ncc(OC(F)F)nc2c1. The van der Waals surface area contributed by atoms with Crippen molar-refractivity contribution in [2.75, 3.05) is 13.2 Å². The number of carbonyl (C=O) groups excluding carboxylic acids is 1. The van der Waals surface area contributed by atoms with Crippen molar-refractivity contribution in [1.82, 2.24) is 20.3 Å². The van der Waals surface area contributed by atoms with Gasteiger partial charge in [0.1, 0.15) is 29.0 Å². The Balaban J connectivity index is 1.70. The van der Waals surface area contributed by atoms with E-state index in [2.05, 4.69) is 25.0 Å². The number of thiazole rings is 1. The summed E-state index contributed by atoms with van der Waals surface area (Å²) in [7, 11) is 0. The number of carboxylic acid groups (broad SMARTS) is 1. The fourth-order valence-corrected chi connectivity index (χ4v) is 4.39. The monoisotopic (exact) mass is 479 g/mol. The maximum Gasteiger partial charge on any atom is 0.388 e.